The van der Waals surface area contributed by atoms with Crippen molar-refractivity contribution in [1.29, 1.82) is 0 Å². The summed E-state index contributed by atoms with van der Waals surface area (Å²) >= 11 is 0. The van der Waals surface area contributed by atoms with E-state index in [-0.39, 0.29) is 5.56 Å². The molecule has 3 heteroatoms. The fourth-order valence-electron chi connectivity index (χ4n) is 3.18. The van der Waals surface area contributed by atoms with E-state index in [4.69, 9.17) is 4.74 Å². The number of benzene rings is 3. The van der Waals surface area contributed by atoms with E-state index in [2.05, 4.69) is 4.98 Å². The summed E-state index contributed by atoms with van der Waals surface area (Å²) in [5.41, 5.74) is 4.26. The van der Waals surface area contributed by atoms with Crippen LogP contribution in [0.4, 0.5) is 0 Å². The van der Waals surface area contributed by atoms with Gasteiger partial charge in [0.05, 0.1) is 12.7 Å². The maximum atomic E-state index is 12.9. The number of hydrogen-bond acceptors (Lipinski definition) is 2. The Morgan fingerprint density at radius 1 is 0.720 bits per heavy atom. The predicted octanol–water partition coefficient (Wildman–Crippen LogP) is 4.87. The SMILES string of the molecule is COc1ccc(-c2c(-c3ccccc3)c3ccccc3[nH]c2=O)cc1. The van der Waals surface area contributed by atoms with Gasteiger partial charge in [-0.05, 0) is 29.3 Å². The summed E-state index contributed by atoms with van der Waals surface area (Å²) in [6.45, 7) is 0. The molecule has 0 aliphatic heterocycles. The average molecular weight is 327 g/mol. The molecule has 0 spiro atoms. The highest BCUT2D eigenvalue weighted by molar-refractivity contribution is 6.01. The van der Waals surface area contributed by atoms with Gasteiger partial charge in [-0.3, -0.25) is 4.79 Å². The second kappa shape index (κ2) is 6.29. The third-order valence-electron chi connectivity index (χ3n) is 4.36. The molecule has 0 saturated carbocycles. The molecule has 4 aromatic rings. The Labute approximate surface area is 145 Å². The summed E-state index contributed by atoms with van der Waals surface area (Å²) in [6, 6.07) is 25.5. The smallest absolute Gasteiger partial charge is 0.256 e. The van der Waals surface area contributed by atoms with Crippen LogP contribution in [0, 0.1) is 0 Å². The number of aromatic amines is 1. The van der Waals surface area contributed by atoms with Crippen molar-refractivity contribution in [3.8, 4) is 28.0 Å². The molecule has 0 aliphatic carbocycles. The molecule has 0 aliphatic rings. The number of fused-ring (bicyclic) bond motifs is 1. The monoisotopic (exact) mass is 327 g/mol. The summed E-state index contributed by atoms with van der Waals surface area (Å²) in [6.07, 6.45) is 0. The van der Waals surface area contributed by atoms with E-state index in [1.807, 2.05) is 78.9 Å². The number of rotatable bonds is 3. The third-order valence-corrected chi connectivity index (χ3v) is 4.36. The molecule has 0 saturated heterocycles. The van der Waals surface area contributed by atoms with E-state index in [1.54, 1.807) is 7.11 Å². The van der Waals surface area contributed by atoms with Gasteiger partial charge >= 0.3 is 0 Å². The average Bonchev–Trinajstić information content (AvgIpc) is 2.68. The standard InChI is InChI=1S/C22H17NO2/c1-25-17-13-11-16(12-14-17)21-20(15-7-3-2-4-8-15)18-9-5-6-10-19(18)23-22(21)24/h2-14H,1H3,(H,23,24). The van der Waals surface area contributed by atoms with Crippen molar-refractivity contribution in [3.63, 3.8) is 0 Å². The van der Waals surface area contributed by atoms with Crippen molar-refractivity contribution in [3.05, 3.63) is 89.2 Å². The first-order valence-corrected chi connectivity index (χ1v) is 8.13. The zero-order chi connectivity index (χ0) is 17.2. The Morgan fingerprint density at radius 3 is 2.08 bits per heavy atom. The molecule has 25 heavy (non-hydrogen) atoms. The van der Waals surface area contributed by atoms with Crippen LogP contribution in [-0.2, 0) is 0 Å². The summed E-state index contributed by atoms with van der Waals surface area (Å²) in [7, 11) is 1.63. The van der Waals surface area contributed by atoms with E-state index >= 15 is 0 Å². The van der Waals surface area contributed by atoms with Crippen LogP contribution < -0.4 is 10.3 Å². The van der Waals surface area contributed by atoms with Crippen LogP contribution in [0.5, 0.6) is 5.75 Å². The van der Waals surface area contributed by atoms with Crippen molar-refractivity contribution < 1.29 is 4.74 Å². The Kier molecular flexibility index (Phi) is 3.82. The predicted molar refractivity (Wildman–Crippen MR) is 102 cm³/mol. The molecule has 1 heterocycles. The minimum Gasteiger partial charge on any atom is -0.497 e. The fraction of sp³-hybridized carbons (Fsp3) is 0.0455. The van der Waals surface area contributed by atoms with Gasteiger partial charge in [-0.15, -0.1) is 0 Å². The van der Waals surface area contributed by atoms with Gasteiger partial charge in [-0.25, -0.2) is 0 Å². The molecule has 0 fully saturated rings. The zero-order valence-electron chi connectivity index (χ0n) is 13.8. The summed E-state index contributed by atoms with van der Waals surface area (Å²) in [5.74, 6) is 0.766. The maximum Gasteiger partial charge on any atom is 0.256 e. The van der Waals surface area contributed by atoms with Crippen LogP contribution in [-0.4, -0.2) is 12.1 Å². The first kappa shape index (κ1) is 15.2. The molecule has 1 N–H and O–H groups in total. The molecule has 4 rings (SSSR count). The Morgan fingerprint density at radius 2 is 1.36 bits per heavy atom. The largest absolute Gasteiger partial charge is 0.497 e. The minimum absolute atomic E-state index is 0.0947. The Bertz CT molecular complexity index is 1080. The third kappa shape index (κ3) is 2.70. The minimum atomic E-state index is -0.0947. The Hall–Kier alpha value is -3.33. The highest BCUT2D eigenvalue weighted by Gasteiger charge is 2.16. The van der Waals surface area contributed by atoms with E-state index in [0.29, 0.717) is 5.56 Å². The van der Waals surface area contributed by atoms with Crippen molar-refractivity contribution >= 4 is 10.9 Å². The maximum absolute atomic E-state index is 12.9. The van der Waals surface area contributed by atoms with Crippen molar-refractivity contribution in [1.82, 2.24) is 4.98 Å². The summed E-state index contributed by atoms with van der Waals surface area (Å²) < 4.78 is 5.23. The Balaban J connectivity index is 2.09. The molecule has 0 unspecified atom stereocenters. The van der Waals surface area contributed by atoms with Gasteiger partial charge in [0.1, 0.15) is 5.75 Å². The fourth-order valence-corrected chi connectivity index (χ4v) is 3.18. The molecule has 3 nitrogen and oxygen atoms in total. The van der Waals surface area contributed by atoms with Gasteiger partial charge in [0.25, 0.3) is 5.56 Å². The van der Waals surface area contributed by atoms with Gasteiger partial charge < -0.3 is 9.72 Å². The first-order chi connectivity index (χ1) is 12.3. The molecule has 122 valence electrons. The molecule has 0 amide bonds. The van der Waals surface area contributed by atoms with Gasteiger partial charge in [0, 0.05) is 16.5 Å². The van der Waals surface area contributed by atoms with Gasteiger partial charge in [0.2, 0.25) is 0 Å². The van der Waals surface area contributed by atoms with E-state index in [9.17, 15) is 4.79 Å². The molecule has 0 radical (unpaired) electrons. The topological polar surface area (TPSA) is 42.1 Å². The van der Waals surface area contributed by atoms with Crippen LogP contribution in [0.1, 0.15) is 0 Å². The highest BCUT2D eigenvalue weighted by atomic mass is 16.5. The second-order valence-corrected chi connectivity index (χ2v) is 5.84. The van der Waals surface area contributed by atoms with Gasteiger partial charge in [0.15, 0.2) is 0 Å². The molecule has 1 aromatic heterocycles. The molecule has 3 aromatic carbocycles. The van der Waals surface area contributed by atoms with Crippen molar-refractivity contribution in [2.24, 2.45) is 0 Å². The highest BCUT2D eigenvalue weighted by Crippen LogP contribution is 2.35. The first-order valence-electron chi connectivity index (χ1n) is 8.13. The van der Waals surface area contributed by atoms with E-state index in [0.717, 1.165) is 33.3 Å². The lowest BCUT2D eigenvalue weighted by Crippen LogP contribution is -2.11. The zero-order valence-corrected chi connectivity index (χ0v) is 13.8. The number of H-pyrrole nitrogens is 1. The number of para-hydroxylation sites is 1. The van der Waals surface area contributed by atoms with E-state index < -0.39 is 0 Å². The van der Waals surface area contributed by atoms with Gasteiger partial charge in [-0.2, -0.15) is 0 Å². The lowest BCUT2D eigenvalue weighted by molar-refractivity contribution is 0.415. The molecular weight excluding hydrogens is 310 g/mol. The van der Waals surface area contributed by atoms with Crippen LogP contribution in [0.25, 0.3) is 33.2 Å². The normalized spacial score (nSPS) is 10.8. The van der Waals surface area contributed by atoms with Crippen molar-refractivity contribution in [2.45, 2.75) is 0 Å². The lowest BCUT2D eigenvalue weighted by Gasteiger charge is -2.13. The second-order valence-electron chi connectivity index (χ2n) is 5.84. The summed E-state index contributed by atoms with van der Waals surface area (Å²) in [5, 5.41) is 1.03. The molecular formula is C22H17NO2. The van der Waals surface area contributed by atoms with Crippen LogP contribution in [0.3, 0.4) is 0 Å². The summed E-state index contributed by atoms with van der Waals surface area (Å²) in [4.78, 5) is 15.9. The van der Waals surface area contributed by atoms with Crippen LogP contribution in [0.15, 0.2) is 83.7 Å². The van der Waals surface area contributed by atoms with Crippen LogP contribution >= 0.6 is 0 Å². The number of hydrogen-bond donors (Lipinski definition) is 1. The lowest BCUT2D eigenvalue weighted by atomic mass is 9.92. The van der Waals surface area contributed by atoms with Crippen LogP contribution in [0.2, 0.25) is 0 Å². The van der Waals surface area contributed by atoms with E-state index in [1.165, 1.54) is 0 Å². The molecule has 0 bridgehead atoms. The van der Waals surface area contributed by atoms with Gasteiger partial charge in [-0.1, -0.05) is 60.7 Å². The number of pyridine rings is 1. The molecule has 0 atom stereocenters. The number of methoxy groups -OCH3 is 1. The number of aromatic nitrogens is 1. The van der Waals surface area contributed by atoms with Crippen molar-refractivity contribution in [2.75, 3.05) is 7.11 Å². The number of ether oxygens (including phenoxy) is 1. The number of nitrogens with one attached hydrogen (secondary N) is 1. The quantitative estimate of drug-likeness (QED) is 0.583.